The quantitative estimate of drug-likeness (QED) is 0.356. The summed E-state index contributed by atoms with van der Waals surface area (Å²) in [5.74, 6) is 0.321. The second kappa shape index (κ2) is 6.98. The molecule has 0 saturated heterocycles. The third-order valence-corrected chi connectivity index (χ3v) is 5.75. The maximum atomic E-state index is 2.34. The number of benzene rings is 4. The molecule has 1 atom stereocenters. The summed E-state index contributed by atoms with van der Waals surface area (Å²) < 4.78 is 0. The van der Waals surface area contributed by atoms with Gasteiger partial charge >= 0.3 is 0 Å². The van der Waals surface area contributed by atoms with E-state index in [1.165, 1.54) is 44.5 Å². The molecule has 1 aliphatic carbocycles. The maximum Gasteiger partial charge on any atom is 0.0287 e. The second-order valence-electron chi connectivity index (χ2n) is 7.45. The fourth-order valence-corrected chi connectivity index (χ4v) is 4.29. The molecule has 4 aromatic carbocycles. The Kier molecular flexibility index (Phi) is 4.18. The van der Waals surface area contributed by atoms with Crippen LogP contribution in [0.3, 0.4) is 0 Å². The Balaban J connectivity index is 1.58. The molecule has 28 heavy (non-hydrogen) atoms. The van der Waals surface area contributed by atoms with E-state index >= 15 is 0 Å². The molecule has 1 aliphatic rings. The van der Waals surface area contributed by atoms with Crippen LogP contribution in [0.1, 0.15) is 28.2 Å². The van der Waals surface area contributed by atoms with Crippen molar-refractivity contribution in [2.45, 2.75) is 12.8 Å². The first-order chi connectivity index (χ1) is 13.8. The SMILES string of the molecule is Cc1ccccc1C1C=Cc2cccc(-c3ccc(-c4ccccc4)cc3)c21. The monoisotopic (exact) mass is 358 g/mol. The van der Waals surface area contributed by atoms with Crippen molar-refractivity contribution in [2.24, 2.45) is 0 Å². The minimum atomic E-state index is 0.321. The Morgan fingerprint density at radius 3 is 2.04 bits per heavy atom. The van der Waals surface area contributed by atoms with E-state index in [1.807, 2.05) is 0 Å². The van der Waals surface area contributed by atoms with Crippen LogP contribution in [0.2, 0.25) is 0 Å². The topological polar surface area (TPSA) is 0 Å². The number of aryl methyl sites for hydroxylation is 1. The van der Waals surface area contributed by atoms with Crippen molar-refractivity contribution in [2.75, 3.05) is 0 Å². The third-order valence-electron chi connectivity index (χ3n) is 5.75. The Morgan fingerprint density at radius 1 is 0.571 bits per heavy atom. The standard InChI is InChI=1S/C28H22/c1-20-8-5-6-12-25(20)27-19-18-24-11-7-13-26(28(24)27)23-16-14-22(15-17-23)21-9-3-2-4-10-21/h2-19,27H,1H3. The van der Waals surface area contributed by atoms with Gasteiger partial charge in [0.15, 0.2) is 0 Å². The average molecular weight is 358 g/mol. The zero-order valence-corrected chi connectivity index (χ0v) is 16.0. The molecule has 0 bridgehead atoms. The van der Waals surface area contributed by atoms with Gasteiger partial charge in [-0.15, -0.1) is 0 Å². The number of hydrogen-bond donors (Lipinski definition) is 0. The summed E-state index contributed by atoms with van der Waals surface area (Å²) in [6.45, 7) is 2.21. The van der Waals surface area contributed by atoms with Crippen LogP contribution in [0.4, 0.5) is 0 Å². The molecule has 4 aromatic rings. The Bertz CT molecular complexity index is 1150. The lowest BCUT2D eigenvalue weighted by atomic mass is 9.85. The molecule has 0 aliphatic heterocycles. The lowest BCUT2D eigenvalue weighted by Gasteiger charge is -2.18. The van der Waals surface area contributed by atoms with Gasteiger partial charge in [0.1, 0.15) is 0 Å². The molecule has 134 valence electrons. The molecular formula is C28H22. The highest BCUT2D eigenvalue weighted by atomic mass is 14.3. The van der Waals surface area contributed by atoms with Gasteiger partial charge in [-0.05, 0) is 51.4 Å². The zero-order chi connectivity index (χ0) is 18.9. The molecule has 5 rings (SSSR count). The van der Waals surface area contributed by atoms with E-state index in [4.69, 9.17) is 0 Å². The highest BCUT2D eigenvalue weighted by Gasteiger charge is 2.23. The minimum Gasteiger partial charge on any atom is -0.0720 e. The summed E-state index contributed by atoms with van der Waals surface area (Å²) in [6, 6.07) is 34.9. The van der Waals surface area contributed by atoms with Gasteiger partial charge in [-0.1, -0.05) is 109 Å². The molecule has 0 nitrogen and oxygen atoms in total. The third kappa shape index (κ3) is 2.88. The smallest absolute Gasteiger partial charge is 0.0287 e. The van der Waals surface area contributed by atoms with Crippen LogP contribution in [-0.2, 0) is 0 Å². The molecule has 0 heterocycles. The summed E-state index contributed by atoms with van der Waals surface area (Å²) >= 11 is 0. The highest BCUT2D eigenvalue weighted by Crippen LogP contribution is 2.42. The van der Waals surface area contributed by atoms with Crippen LogP contribution >= 0.6 is 0 Å². The van der Waals surface area contributed by atoms with Crippen molar-refractivity contribution >= 4 is 6.08 Å². The van der Waals surface area contributed by atoms with Crippen LogP contribution in [0.25, 0.3) is 28.3 Å². The van der Waals surface area contributed by atoms with Crippen molar-refractivity contribution in [1.82, 2.24) is 0 Å². The second-order valence-corrected chi connectivity index (χ2v) is 7.45. The number of fused-ring (bicyclic) bond motifs is 1. The summed E-state index contributed by atoms with van der Waals surface area (Å²) in [4.78, 5) is 0. The normalized spacial score (nSPS) is 14.8. The predicted molar refractivity (Wildman–Crippen MR) is 119 cm³/mol. The van der Waals surface area contributed by atoms with Crippen LogP contribution in [-0.4, -0.2) is 0 Å². The van der Waals surface area contributed by atoms with Gasteiger partial charge in [0, 0.05) is 5.92 Å². The molecule has 0 radical (unpaired) electrons. The van der Waals surface area contributed by atoms with E-state index in [9.17, 15) is 0 Å². The first kappa shape index (κ1) is 16.8. The molecular weight excluding hydrogens is 336 g/mol. The van der Waals surface area contributed by atoms with Crippen LogP contribution in [0.15, 0.2) is 103 Å². The Hall–Kier alpha value is -3.38. The fourth-order valence-electron chi connectivity index (χ4n) is 4.29. The molecule has 0 saturated carbocycles. The van der Waals surface area contributed by atoms with Crippen molar-refractivity contribution in [3.8, 4) is 22.3 Å². The van der Waals surface area contributed by atoms with E-state index in [1.54, 1.807) is 0 Å². The van der Waals surface area contributed by atoms with E-state index in [0.29, 0.717) is 5.92 Å². The fraction of sp³-hybridized carbons (Fsp3) is 0.0714. The largest absolute Gasteiger partial charge is 0.0720 e. The van der Waals surface area contributed by atoms with Crippen LogP contribution in [0, 0.1) is 6.92 Å². The summed E-state index contributed by atoms with van der Waals surface area (Å²) in [6.07, 6.45) is 4.61. The first-order valence-corrected chi connectivity index (χ1v) is 9.84. The Labute approximate surface area is 166 Å². The van der Waals surface area contributed by atoms with Gasteiger partial charge < -0.3 is 0 Å². The highest BCUT2D eigenvalue weighted by molar-refractivity contribution is 5.80. The summed E-state index contributed by atoms with van der Waals surface area (Å²) in [5, 5.41) is 0. The van der Waals surface area contributed by atoms with Gasteiger partial charge in [-0.3, -0.25) is 0 Å². The Morgan fingerprint density at radius 2 is 1.25 bits per heavy atom. The van der Waals surface area contributed by atoms with Crippen molar-refractivity contribution in [3.05, 3.63) is 125 Å². The molecule has 0 heteroatoms. The average Bonchev–Trinajstić information content (AvgIpc) is 3.19. The lowest BCUT2D eigenvalue weighted by Crippen LogP contribution is -2.01. The van der Waals surface area contributed by atoms with Gasteiger partial charge in [0.2, 0.25) is 0 Å². The van der Waals surface area contributed by atoms with Gasteiger partial charge in [0.25, 0.3) is 0 Å². The van der Waals surface area contributed by atoms with Gasteiger partial charge in [-0.25, -0.2) is 0 Å². The maximum absolute atomic E-state index is 2.34. The first-order valence-electron chi connectivity index (χ1n) is 9.84. The van der Waals surface area contributed by atoms with Crippen molar-refractivity contribution in [3.63, 3.8) is 0 Å². The zero-order valence-electron chi connectivity index (χ0n) is 16.0. The van der Waals surface area contributed by atoms with E-state index in [0.717, 1.165) is 0 Å². The number of rotatable bonds is 3. The number of hydrogen-bond acceptors (Lipinski definition) is 0. The van der Waals surface area contributed by atoms with Crippen LogP contribution in [0.5, 0.6) is 0 Å². The molecule has 0 amide bonds. The number of allylic oxidation sites excluding steroid dienone is 1. The minimum absolute atomic E-state index is 0.321. The summed E-state index contributed by atoms with van der Waals surface area (Å²) in [7, 11) is 0. The molecule has 1 unspecified atom stereocenters. The lowest BCUT2D eigenvalue weighted by molar-refractivity contribution is 1.03. The van der Waals surface area contributed by atoms with Crippen LogP contribution < -0.4 is 0 Å². The van der Waals surface area contributed by atoms with Gasteiger partial charge in [0.05, 0.1) is 0 Å². The molecule has 0 aromatic heterocycles. The summed E-state index contributed by atoms with van der Waals surface area (Å²) in [5.41, 5.74) is 10.6. The predicted octanol–water partition coefficient (Wildman–Crippen LogP) is 7.49. The molecule has 0 fully saturated rings. The van der Waals surface area contributed by atoms with E-state index in [2.05, 4.69) is 116 Å². The van der Waals surface area contributed by atoms with Crippen molar-refractivity contribution in [1.29, 1.82) is 0 Å². The van der Waals surface area contributed by atoms with E-state index in [-0.39, 0.29) is 0 Å². The van der Waals surface area contributed by atoms with Gasteiger partial charge in [-0.2, -0.15) is 0 Å². The molecule has 0 N–H and O–H groups in total. The van der Waals surface area contributed by atoms with E-state index < -0.39 is 0 Å². The molecule has 0 spiro atoms. The van der Waals surface area contributed by atoms with Crippen molar-refractivity contribution < 1.29 is 0 Å².